The first-order valence-electron chi connectivity index (χ1n) is 6.86. The van der Waals surface area contributed by atoms with E-state index >= 15 is 0 Å². The van der Waals surface area contributed by atoms with E-state index in [0.29, 0.717) is 17.3 Å². The van der Waals surface area contributed by atoms with Crippen LogP contribution in [0.2, 0.25) is 5.02 Å². The third-order valence-electron chi connectivity index (χ3n) is 3.07. The zero-order chi connectivity index (χ0) is 15.2. The molecule has 0 radical (unpaired) electrons. The van der Waals surface area contributed by atoms with Gasteiger partial charge in [-0.15, -0.1) is 0 Å². The Morgan fingerprint density at radius 1 is 1.24 bits per heavy atom. The Kier molecular flexibility index (Phi) is 5.23. The maximum absolute atomic E-state index is 12.2. The normalized spacial score (nSPS) is 11.8. The minimum atomic E-state index is -0.579. The van der Waals surface area contributed by atoms with Gasteiger partial charge in [-0.05, 0) is 31.5 Å². The lowest BCUT2D eigenvalue weighted by Gasteiger charge is -2.20. The molecule has 0 spiro atoms. The second-order valence-corrected chi connectivity index (χ2v) is 5.13. The molecule has 0 heterocycles. The highest BCUT2D eigenvalue weighted by Crippen LogP contribution is 2.27. The number of para-hydroxylation sites is 1. The summed E-state index contributed by atoms with van der Waals surface area (Å²) in [5.41, 5.74) is 2.65. The summed E-state index contributed by atoms with van der Waals surface area (Å²) >= 11 is 6.15. The fraction of sp³-hybridized carbons (Fsp3) is 0.235. The van der Waals surface area contributed by atoms with Crippen LogP contribution in [0, 0.1) is 6.92 Å². The van der Waals surface area contributed by atoms with Gasteiger partial charge >= 0.3 is 5.97 Å². The van der Waals surface area contributed by atoms with Gasteiger partial charge in [0.2, 0.25) is 0 Å². The molecule has 0 saturated heterocycles. The summed E-state index contributed by atoms with van der Waals surface area (Å²) in [5, 5.41) is 3.74. The Labute approximate surface area is 129 Å². The molecule has 1 unspecified atom stereocenters. The van der Waals surface area contributed by atoms with Crippen molar-refractivity contribution in [2.45, 2.75) is 19.9 Å². The van der Waals surface area contributed by atoms with E-state index in [4.69, 9.17) is 16.3 Å². The molecule has 0 aliphatic heterocycles. The van der Waals surface area contributed by atoms with Crippen molar-refractivity contribution in [2.24, 2.45) is 0 Å². The number of rotatable bonds is 5. The van der Waals surface area contributed by atoms with Gasteiger partial charge in [0, 0.05) is 0 Å². The molecule has 1 N–H and O–H groups in total. The standard InChI is InChI=1S/C17H18ClNO2/c1-3-21-17(20)16(13-8-6-7-12(2)11-13)19-15-10-5-4-9-14(15)18/h4-11,16,19H,3H2,1-2H3. The number of hydrogen-bond acceptors (Lipinski definition) is 3. The molecule has 2 aromatic carbocycles. The molecule has 0 amide bonds. The van der Waals surface area contributed by atoms with Gasteiger partial charge in [-0.3, -0.25) is 0 Å². The van der Waals surface area contributed by atoms with Crippen LogP contribution in [-0.4, -0.2) is 12.6 Å². The predicted molar refractivity (Wildman–Crippen MR) is 85.6 cm³/mol. The SMILES string of the molecule is CCOC(=O)C(Nc1ccccc1Cl)c1cccc(C)c1. The molecule has 3 nitrogen and oxygen atoms in total. The zero-order valence-electron chi connectivity index (χ0n) is 12.1. The molecule has 21 heavy (non-hydrogen) atoms. The van der Waals surface area contributed by atoms with Gasteiger partial charge in [-0.25, -0.2) is 4.79 Å². The van der Waals surface area contributed by atoms with Crippen LogP contribution in [0.15, 0.2) is 48.5 Å². The van der Waals surface area contributed by atoms with E-state index in [1.165, 1.54) is 0 Å². The van der Waals surface area contributed by atoms with Crippen LogP contribution in [-0.2, 0) is 9.53 Å². The van der Waals surface area contributed by atoms with Gasteiger partial charge in [0.25, 0.3) is 0 Å². The molecule has 0 saturated carbocycles. The molecule has 2 rings (SSSR count). The van der Waals surface area contributed by atoms with Crippen LogP contribution < -0.4 is 5.32 Å². The smallest absolute Gasteiger partial charge is 0.333 e. The third kappa shape index (κ3) is 3.99. The maximum Gasteiger partial charge on any atom is 0.333 e. The van der Waals surface area contributed by atoms with Crippen LogP contribution in [0.5, 0.6) is 0 Å². The predicted octanol–water partition coefficient (Wildman–Crippen LogP) is 4.36. The van der Waals surface area contributed by atoms with Gasteiger partial charge in [-0.1, -0.05) is 53.6 Å². The Balaban J connectivity index is 2.33. The lowest BCUT2D eigenvalue weighted by Crippen LogP contribution is -2.23. The number of carbonyl (C=O) groups is 1. The van der Waals surface area contributed by atoms with Gasteiger partial charge in [0.1, 0.15) is 0 Å². The van der Waals surface area contributed by atoms with Crippen LogP contribution in [0.3, 0.4) is 0 Å². The van der Waals surface area contributed by atoms with E-state index in [1.807, 2.05) is 49.4 Å². The van der Waals surface area contributed by atoms with Crippen molar-refractivity contribution >= 4 is 23.3 Å². The quantitative estimate of drug-likeness (QED) is 0.834. The molecule has 110 valence electrons. The second kappa shape index (κ2) is 7.14. The van der Waals surface area contributed by atoms with Gasteiger partial charge < -0.3 is 10.1 Å². The fourth-order valence-electron chi connectivity index (χ4n) is 2.09. The van der Waals surface area contributed by atoms with Gasteiger partial charge in [-0.2, -0.15) is 0 Å². The molecular weight excluding hydrogens is 286 g/mol. The molecule has 0 aromatic heterocycles. The second-order valence-electron chi connectivity index (χ2n) is 4.72. The molecule has 1 atom stereocenters. The first-order valence-corrected chi connectivity index (χ1v) is 7.24. The Morgan fingerprint density at radius 3 is 2.67 bits per heavy atom. The van der Waals surface area contributed by atoms with Crippen LogP contribution >= 0.6 is 11.6 Å². The van der Waals surface area contributed by atoms with E-state index in [1.54, 1.807) is 13.0 Å². The van der Waals surface area contributed by atoms with Crippen molar-refractivity contribution in [3.8, 4) is 0 Å². The molecule has 0 fully saturated rings. The highest BCUT2D eigenvalue weighted by atomic mass is 35.5. The largest absolute Gasteiger partial charge is 0.464 e. The number of esters is 1. The summed E-state index contributed by atoms with van der Waals surface area (Å²) in [7, 11) is 0. The van der Waals surface area contributed by atoms with Crippen molar-refractivity contribution in [1.82, 2.24) is 0 Å². The first-order chi connectivity index (χ1) is 10.1. The number of aryl methyl sites for hydroxylation is 1. The number of nitrogens with one attached hydrogen (secondary N) is 1. The van der Waals surface area contributed by atoms with Crippen molar-refractivity contribution in [3.63, 3.8) is 0 Å². The van der Waals surface area contributed by atoms with Crippen LogP contribution in [0.25, 0.3) is 0 Å². The summed E-state index contributed by atoms with van der Waals surface area (Å²) in [6.45, 7) is 4.12. The Morgan fingerprint density at radius 2 is 2.00 bits per heavy atom. The third-order valence-corrected chi connectivity index (χ3v) is 3.40. The summed E-state index contributed by atoms with van der Waals surface area (Å²) < 4.78 is 5.17. The summed E-state index contributed by atoms with van der Waals surface area (Å²) in [6.07, 6.45) is 0. The van der Waals surface area contributed by atoms with Crippen molar-refractivity contribution in [2.75, 3.05) is 11.9 Å². The van der Waals surface area contributed by atoms with E-state index < -0.39 is 6.04 Å². The van der Waals surface area contributed by atoms with Crippen LogP contribution in [0.4, 0.5) is 5.69 Å². The maximum atomic E-state index is 12.2. The first kappa shape index (κ1) is 15.4. The average Bonchev–Trinajstić information content (AvgIpc) is 2.46. The molecule has 0 bridgehead atoms. The summed E-state index contributed by atoms with van der Waals surface area (Å²) in [4.78, 5) is 12.2. The number of ether oxygens (including phenoxy) is 1. The highest BCUT2D eigenvalue weighted by Gasteiger charge is 2.22. The topological polar surface area (TPSA) is 38.3 Å². The Hall–Kier alpha value is -2.00. The molecule has 4 heteroatoms. The lowest BCUT2D eigenvalue weighted by atomic mass is 10.0. The number of carbonyl (C=O) groups excluding carboxylic acids is 1. The monoisotopic (exact) mass is 303 g/mol. The van der Waals surface area contributed by atoms with Crippen molar-refractivity contribution in [3.05, 3.63) is 64.7 Å². The average molecular weight is 304 g/mol. The number of hydrogen-bond donors (Lipinski definition) is 1. The number of benzene rings is 2. The van der Waals surface area contributed by atoms with Crippen LogP contribution in [0.1, 0.15) is 24.1 Å². The molecule has 0 aliphatic carbocycles. The molecule has 0 aliphatic rings. The van der Waals surface area contributed by atoms with E-state index in [2.05, 4.69) is 5.32 Å². The van der Waals surface area contributed by atoms with Crippen molar-refractivity contribution < 1.29 is 9.53 Å². The Bertz CT molecular complexity index is 628. The zero-order valence-corrected chi connectivity index (χ0v) is 12.9. The van der Waals surface area contributed by atoms with E-state index in [9.17, 15) is 4.79 Å². The highest BCUT2D eigenvalue weighted by molar-refractivity contribution is 6.33. The van der Waals surface area contributed by atoms with Gasteiger partial charge in [0.05, 0.1) is 17.3 Å². The summed E-state index contributed by atoms with van der Waals surface area (Å²) in [6, 6.07) is 14.5. The van der Waals surface area contributed by atoms with Crippen molar-refractivity contribution in [1.29, 1.82) is 0 Å². The molecular formula is C17H18ClNO2. The lowest BCUT2D eigenvalue weighted by molar-refractivity contribution is -0.144. The minimum Gasteiger partial charge on any atom is -0.464 e. The number of halogens is 1. The molecule has 2 aromatic rings. The van der Waals surface area contributed by atoms with Gasteiger partial charge in [0.15, 0.2) is 6.04 Å². The minimum absolute atomic E-state index is 0.317. The summed E-state index contributed by atoms with van der Waals surface area (Å²) in [5.74, 6) is -0.317. The fourth-order valence-corrected chi connectivity index (χ4v) is 2.28. The van der Waals surface area contributed by atoms with E-state index in [0.717, 1.165) is 11.1 Å². The van der Waals surface area contributed by atoms with E-state index in [-0.39, 0.29) is 5.97 Å². The number of anilines is 1.